The Labute approximate surface area is 179 Å². The molecular weight excluding hydrogens is 425 g/mol. The zero-order valence-electron chi connectivity index (χ0n) is 16.8. The van der Waals surface area contributed by atoms with Gasteiger partial charge in [-0.1, -0.05) is 0 Å². The van der Waals surface area contributed by atoms with E-state index in [-0.39, 0.29) is 5.92 Å². The summed E-state index contributed by atoms with van der Waals surface area (Å²) < 4.78 is 49.5. The molecule has 4 heterocycles. The van der Waals surface area contributed by atoms with E-state index in [1.807, 2.05) is 0 Å². The van der Waals surface area contributed by atoms with Gasteiger partial charge in [-0.3, -0.25) is 5.10 Å². The lowest BCUT2D eigenvalue weighted by atomic mass is 9.91. The summed E-state index contributed by atoms with van der Waals surface area (Å²) in [6.45, 7) is 0.971. The molecule has 3 aromatic heterocycles. The van der Waals surface area contributed by atoms with Gasteiger partial charge in [0, 0.05) is 53.9 Å². The second-order valence-electron chi connectivity index (χ2n) is 7.86. The van der Waals surface area contributed by atoms with Crippen LogP contribution in [0.25, 0.3) is 27.8 Å². The Morgan fingerprint density at radius 3 is 2.75 bits per heavy atom. The number of benzene rings is 1. The molecular formula is C22H19F3N4O3. The Balaban J connectivity index is 1.85. The Hall–Kier alpha value is -3.40. The van der Waals surface area contributed by atoms with E-state index in [2.05, 4.69) is 15.2 Å². The Bertz CT molecular complexity index is 1330. The number of alkyl halides is 1. The predicted octanol–water partition coefficient (Wildman–Crippen LogP) is 4.04. The number of carbonyl (C=O) groups is 1. The van der Waals surface area contributed by atoms with Crippen LogP contribution in [0.4, 0.5) is 13.2 Å². The number of pyridine rings is 1. The molecule has 0 radical (unpaired) electrons. The number of fused-ring (bicyclic) bond motifs is 2. The highest BCUT2D eigenvalue weighted by molar-refractivity contribution is 5.93. The van der Waals surface area contributed by atoms with Gasteiger partial charge in [-0.25, -0.2) is 22.9 Å². The van der Waals surface area contributed by atoms with Crippen LogP contribution in [-0.4, -0.2) is 50.2 Å². The Morgan fingerprint density at radius 2 is 2.03 bits per heavy atom. The van der Waals surface area contributed by atoms with E-state index < -0.39 is 30.2 Å². The zero-order valence-corrected chi connectivity index (χ0v) is 16.8. The summed E-state index contributed by atoms with van der Waals surface area (Å²) in [5.74, 6) is -3.67. The number of aromatic nitrogens is 4. The van der Waals surface area contributed by atoms with Gasteiger partial charge in [-0.2, -0.15) is 5.10 Å². The maximum atomic E-state index is 14.5. The van der Waals surface area contributed by atoms with E-state index in [9.17, 15) is 23.1 Å². The van der Waals surface area contributed by atoms with Crippen LogP contribution in [0.3, 0.4) is 0 Å². The van der Waals surface area contributed by atoms with Gasteiger partial charge in [-0.15, -0.1) is 0 Å². The molecule has 1 aliphatic heterocycles. The summed E-state index contributed by atoms with van der Waals surface area (Å²) in [5, 5.41) is 16.6. The van der Waals surface area contributed by atoms with E-state index >= 15 is 0 Å². The number of aromatic amines is 1. The fourth-order valence-electron chi connectivity index (χ4n) is 4.42. The first-order chi connectivity index (χ1) is 15.4. The molecule has 4 aromatic rings. The first-order valence-corrected chi connectivity index (χ1v) is 10.2. The summed E-state index contributed by atoms with van der Waals surface area (Å²) in [5.41, 5.74) is 2.83. The second kappa shape index (κ2) is 7.94. The molecule has 2 N–H and O–H groups in total. The number of H-pyrrole nitrogens is 1. The van der Waals surface area contributed by atoms with Gasteiger partial charge >= 0.3 is 5.97 Å². The van der Waals surface area contributed by atoms with Crippen molar-refractivity contribution >= 4 is 28.0 Å². The highest BCUT2D eigenvalue weighted by atomic mass is 19.2. The molecule has 0 aliphatic carbocycles. The number of hydrogen-bond donors (Lipinski definition) is 2. The third kappa shape index (κ3) is 3.40. The van der Waals surface area contributed by atoms with Crippen molar-refractivity contribution in [2.24, 2.45) is 0 Å². The van der Waals surface area contributed by atoms with Gasteiger partial charge in [0.1, 0.15) is 0 Å². The second-order valence-corrected chi connectivity index (χ2v) is 7.86. The third-order valence-electron chi connectivity index (χ3n) is 5.90. The molecule has 0 amide bonds. The summed E-state index contributed by atoms with van der Waals surface area (Å²) in [6, 6.07) is 5.32. The number of nitrogens with zero attached hydrogens (tertiary/aromatic N) is 3. The van der Waals surface area contributed by atoms with Crippen molar-refractivity contribution in [3.05, 3.63) is 53.4 Å². The quantitative estimate of drug-likeness (QED) is 0.485. The highest BCUT2D eigenvalue weighted by Crippen LogP contribution is 2.39. The van der Waals surface area contributed by atoms with Crippen LogP contribution < -0.4 is 0 Å². The van der Waals surface area contributed by atoms with Gasteiger partial charge in [0.05, 0.1) is 17.2 Å². The molecule has 5 rings (SSSR count). The van der Waals surface area contributed by atoms with E-state index in [1.54, 1.807) is 16.8 Å². The number of ether oxygens (including phenoxy) is 1. The summed E-state index contributed by atoms with van der Waals surface area (Å²) in [4.78, 5) is 15.9. The van der Waals surface area contributed by atoms with Crippen LogP contribution in [0.1, 0.15) is 30.0 Å². The number of halogens is 3. The molecule has 32 heavy (non-hydrogen) atoms. The average Bonchev–Trinajstić information content (AvgIpc) is 3.37. The van der Waals surface area contributed by atoms with Crippen LogP contribution in [-0.2, 0) is 16.0 Å². The molecule has 1 fully saturated rings. The van der Waals surface area contributed by atoms with Crippen LogP contribution >= 0.6 is 0 Å². The smallest absolute Gasteiger partial charge is 0.338 e. The van der Waals surface area contributed by atoms with Crippen molar-refractivity contribution in [1.29, 1.82) is 0 Å². The van der Waals surface area contributed by atoms with Crippen molar-refractivity contribution in [3.8, 4) is 5.69 Å². The lowest BCUT2D eigenvalue weighted by Crippen LogP contribution is -2.21. The minimum absolute atomic E-state index is 0.0986. The number of aliphatic carboxylic acids is 1. The number of carboxylic acids is 1. The SMILES string of the molecule is O=C(O)[C@@H](F)Cc1c(C2CCOCC2)n(-c2ccc(F)c(F)c2)c2cc3cn[nH]c3nc12. The van der Waals surface area contributed by atoms with Gasteiger partial charge in [0.15, 0.2) is 17.3 Å². The van der Waals surface area contributed by atoms with E-state index in [4.69, 9.17) is 4.74 Å². The lowest BCUT2D eigenvalue weighted by molar-refractivity contribution is -0.142. The van der Waals surface area contributed by atoms with E-state index in [0.29, 0.717) is 65.1 Å². The molecule has 0 bridgehead atoms. The standard InChI is InChI=1S/C22H19F3N4O3/c23-15-2-1-13(8-16(15)24)29-18-7-12-10-26-28-21(12)27-19(18)14(9-17(25)22(30)31)20(29)11-3-5-32-6-4-11/h1-2,7-8,10-11,17H,3-6,9H2,(H,30,31)(H,26,27,28)/t17-/m0/s1. The molecule has 166 valence electrons. The van der Waals surface area contributed by atoms with Crippen molar-refractivity contribution in [1.82, 2.24) is 19.7 Å². The Morgan fingerprint density at radius 1 is 1.25 bits per heavy atom. The number of rotatable bonds is 5. The van der Waals surface area contributed by atoms with Gasteiger partial charge < -0.3 is 14.4 Å². The van der Waals surface area contributed by atoms with Gasteiger partial charge in [-0.05, 0) is 31.0 Å². The molecule has 0 saturated carbocycles. The number of carboxylic acid groups (broad SMARTS) is 1. The minimum atomic E-state index is -2.14. The van der Waals surface area contributed by atoms with Crippen LogP contribution in [0.15, 0.2) is 30.5 Å². The first-order valence-electron chi connectivity index (χ1n) is 10.2. The topological polar surface area (TPSA) is 93.0 Å². The van der Waals surface area contributed by atoms with Crippen LogP contribution in [0.5, 0.6) is 0 Å². The number of hydrogen-bond acceptors (Lipinski definition) is 4. The van der Waals surface area contributed by atoms with Crippen LogP contribution in [0.2, 0.25) is 0 Å². The predicted molar refractivity (Wildman–Crippen MR) is 110 cm³/mol. The van der Waals surface area contributed by atoms with Crippen molar-refractivity contribution in [2.75, 3.05) is 13.2 Å². The Kier molecular flexibility index (Phi) is 5.09. The molecule has 10 heteroatoms. The maximum Gasteiger partial charge on any atom is 0.338 e. The zero-order chi connectivity index (χ0) is 22.4. The van der Waals surface area contributed by atoms with Crippen molar-refractivity contribution in [3.63, 3.8) is 0 Å². The molecule has 1 aliphatic rings. The summed E-state index contributed by atoms with van der Waals surface area (Å²) in [7, 11) is 0. The van der Waals surface area contributed by atoms with E-state index in [1.165, 1.54) is 6.07 Å². The summed E-state index contributed by atoms with van der Waals surface area (Å²) >= 11 is 0. The molecule has 1 atom stereocenters. The normalized spacial score (nSPS) is 16.1. The van der Waals surface area contributed by atoms with Gasteiger partial charge in [0.25, 0.3) is 0 Å². The fourth-order valence-corrected chi connectivity index (χ4v) is 4.42. The first kappa shape index (κ1) is 20.5. The lowest BCUT2D eigenvalue weighted by Gasteiger charge is -2.25. The average molecular weight is 444 g/mol. The molecule has 0 unspecified atom stereocenters. The fraction of sp³-hybridized carbons (Fsp3) is 0.318. The van der Waals surface area contributed by atoms with Crippen molar-refractivity contribution < 1.29 is 27.8 Å². The molecule has 1 saturated heterocycles. The van der Waals surface area contributed by atoms with Crippen LogP contribution in [0, 0.1) is 11.6 Å². The van der Waals surface area contributed by atoms with Gasteiger partial charge in [0.2, 0.25) is 6.17 Å². The highest BCUT2D eigenvalue weighted by Gasteiger charge is 2.31. The largest absolute Gasteiger partial charge is 0.479 e. The molecule has 0 spiro atoms. The van der Waals surface area contributed by atoms with Crippen molar-refractivity contribution in [2.45, 2.75) is 31.4 Å². The maximum absolute atomic E-state index is 14.5. The minimum Gasteiger partial charge on any atom is -0.479 e. The molecule has 1 aromatic carbocycles. The molecule has 7 nitrogen and oxygen atoms in total. The number of nitrogens with one attached hydrogen (secondary N) is 1. The van der Waals surface area contributed by atoms with E-state index in [0.717, 1.165) is 12.1 Å². The monoisotopic (exact) mass is 444 g/mol. The third-order valence-corrected chi connectivity index (χ3v) is 5.90. The summed E-state index contributed by atoms with van der Waals surface area (Å²) in [6.07, 6.45) is 0.277.